The van der Waals surface area contributed by atoms with Gasteiger partial charge in [0.05, 0.1) is 18.6 Å². The topological polar surface area (TPSA) is 36.3 Å². The number of hydrogen-bond donors (Lipinski definition) is 0. The van der Waals surface area contributed by atoms with Crippen molar-refractivity contribution in [2.75, 3.05) is 25.6 Å². The number of nitrogens with zero attached hydrogens (tertiary/aromatic N) is 2. The number of ether oxygens (including phenoxy) is 1. The van der Waals surface area contributed by atoms with Crippen molar-refractivity contribution in [3.05, 3.63) is 59.9 Å². The van der Waals surface area contributed by atoms with Crippen molar-refractivity contribution < 1.29 is 9.13 Å². The summed E-state index contributed by atoms with van der Waals surface area (Å²) >= 11 is 0. The average molecular weight is 298 g/mol. The molecule has 0 spiro atoms. The molecule has 0 radical (unpaired) electrons. The zero-order valence-corrected chi connectivity index (χ0v) is 12.8. The molecule has 2 aromatic rings. The maximum atomic E-state index is 13.2. The van der Waals surface area contributed by atoms with E-state index >= 15 is 0 Å². The van der Waals surface area contributed by atoms with Gasteiger partial charge >= 0.3 is 0 Å². The first-order valence-electron chi connectivity index (χ1n) is 7.15. The van der Waals surface area contributed by atoms with Crippen LogP contribution in [0.15, 0.2) is 48.5 Å². The number of benzene rings is 2. The highest BCUT2D eigenvalue weighted by Gasteiger charge is 2.11. The van der Waals surface area contributed by atoms with Crippen LogP contribution in [0.2, 0.25) is 0 Å². The Morgan fingerprint density at radius 2 is 1.95 bits per heavy atom. The largest absolute Gasteiger partial charge is 0.493 e. The number of rotatable bonds is 6. The molecule has 0 aliphatic rings. The Labute approximate surface area is 130 Å². The number of hydrogen-bond acceptors (Lipinski definition) is 3. The van der Waals surface area contributed by atoms with Crippen LogP contribution >= 0.6 is 0 Å². The Hall–Kier alpha value is -2.54. The molecule has 0 bridgehead atoms. The Kier molecular flexibility index (Phi) is 5.37. The highest BCUT2D eigenvalue weighted by Crippen LogP contribution is 2.22. The normalized spacial score (nSPS) is 11.5. The SMILES string of the molecule is CN(C)c1cccc(OCCC(C#N)c2cccc(F)c2)c1. The second-order valence-corrected chi connectivity index (χ2v) is 5.27. The monoisotopic (exact) mass is 298 g/mol. The summed E-state index contributed by atoms with van der Waals surface area (Å²) in [6.45, 7) is 0.408. The van der Waals surface area contributed by atoms with E-state index in [2.05, 4.69) is 6.07 Å². The van der Waals surface area contributed by atoms with E-state index in [4.69, 9.17) is 4.74 Å². The summed E-state index contributed by atoms with van der Waals surface area (Å²) in [5, 5.41) is 9.25. The van der Waals surface area contributed by atoms with Gasteiger partial charge in [0.25, 0.3) is 0 Å². The summed E-state index contributed by atoms with van der Waals surface area (Å²) in [7, 11) is 3.93. The van der Waals surface area contributed by atoms with Gasteiger partial charge in [0.15, 0.2) is 0 Å². The Bertz CT molecular complexity index is 664. The number of nitriles is 1. The molecule has 0 fully saturated rings. The third-order valence-electron chi connectivity index (χ3n) is 3.42. The lowest BCUT2D eigenvalue weighted by molar-refractivity contribution is 0.306. The predicted molar refractivity (Wildman–Crippen MR) is 85.6 cm³/mol. The molecule has 114 valence electrons. The fourth-order valence-electron chi connectivity index (χ4n) is 2.18. The summed E-state index contributed by atoms with van der Waals surface area (Å²) < 4.78 is 18.9. The van der Waals surface area contributed by atoms with Gasteiger partial charge in [0.2, 0.25) is 0 Å². The summed E-state index contributed by atoms with van der Waals surface area (Å²) in [4.78, 5) is 2.00. The maximum absolute atomic E-state index is 13.2. The second-order valence-electron chi connectivity index (χ2n) is 5.27. The molecule has 0 aliphatic heterocycles. The Morgan fingerprint density at radius 1 is 1.18 bits per heavy atom. The molecule has 0 amide bonds. The third-order valence-corrected chi connectivity index (χ3v) is 3.42. The second kappa shape index (κ2) is 7.46. The first-order valence-corrected chi connectivity index (χ1v) is 7.15. The van der Waals surface area contributed by atoms with Gasteiger partial charge in [-0.25, -0.2) is 4.39 Å². The first kappa shape index (κ1) is 15.8. The Morgan fingerprint density at radius 3 is 2.64 bits per heavy atom. The van der Waals surface area contributed by atoms with E-state index in [1.165, 1.54) is 12.1 Å². The molecule has 1 unspecified atom stereocenters. The lowest BCUT2D eigenvalue weighted by Gasteiger charge is -2.15. The van der Waals surface area contributed by atoms with E-state index in [-0.39, 0.29) is 11.7 Å². The van der Waals surface area contributed by atoms with Gasteiger partial charge < -0.3 is 9.64 Å². The summed E-state index contributed by atoms with van der Waals surface area (Å²) in [5.74, 6) is 0.0761. The molecule has 0 aromatic heterocycles. The molecular formula is C18H19FN2O. The van der Waals surface area contributed by atoms with Crippen LogP contribution in [0.5, 0.6) is 5.75 Å². The van der Waals surface area contributed by atoms with E-state index in [9.17, 15) is 9.65 Å². The highest BCUT2D eigenvalue weighted by molar-refractivity contribution is 5.49. The zero-order chi connectivity index (χ0) is 15.9. The van der Waals surface area contributed by atoms with Crippen molar-refractivity contribution in [1.82, 2.24) is 0 Å². The molecule has 1 atom stereocenters. The Balaban J connectivity index is 1.95. The van der Waals surface area contributed by atoms with E-state index in [1.807, 2.05) is 43.3 Å². The van der Waals surface area contributed by atoms with E-state index < -0.39 is 0 Å². The van der Waals surface area contributed by atoms with E-state index in [1.54, 1.807) is 12.1 Å². The van der Waals surface area contributed by atoms with Gasteiger partial charge in [0.1, 0.15) is 11.6 Å². The molecule has 0 saturated heterocycles. The van der Waals surface area contributed by atoms with Crippen LogP contribution in [0.1, 0.15) is 17.9 Å². The minimum atomic E-state index is -0.368. The minimum Gasteiger partial charge on any atom is -0.493 e. The molecule has 0 N–H and O–H groups in total. The minimum absolute atomic E-state index is 0.322. The lowest BCUT2D eigenvalue weighted by atomic mass is 9.98. The van der Waals surface area contributed by atoms with Gasteiger partial charge in [-0.2, -0.15) is 5.26 Å². The first-order chi connectivity index (χ1) is 10.6. The average Bonchev–Trinajstić information content (AvgIpc) is 2.52. The smallest absolute Gasteiger partial charge is 0.123 e. The molecule has 22 heavy (non-hydrogen) atoms. The fraction of sp³-hybridized carbons (Fsp3) is 0.278. The van der Waals surface area contributed by atoms with Crippen molar-refractivity contribution in [1.29, 1.82) is 5.26 Å². The van der Waals surface area contributed by atoms with Gasteiger partial charge in [-0.3, -0.25) is 0 Å². The predicted octanol–water partition coefficient (Wildman–Crippen LogP) is 3.97. The van der Waals surface area contributed by atoms with E-state index in [0.717, 1.165) is 11.4 Å². The molecule has 0 aliphatic carbocycles. The van der Waals surface area contributed by atoms with Crippen molar-refractivity contribution >= 4 is 5.69 Å². The van der Waals surface area contributed by atoms with Crippen LogP contribution in [0.25, 0.3) is 0 Å². The van der Waals surface area contributed by atoms with Crippen molar-refractivity contribution in [3.63, 3.8) is 0 Å². The highest BCUT2D eigenvalue weighted by atomic mass is 19.1. The molecule has 4 heteroatoms. The summed E-state index contributed by atoms with van der Waals surface area (Å²) in [6, 6.07) is 16.1. The zero-order valence-electron chi connectivity index (χ0n) is 12.8. The molecule has 2 aromatic carbocycles. The molecule has 2 rings (SSSR count). The van der Waals surface area contributed by atoms with Crippen molar-refractivity contribution in [2.45, 2.75) is 12.3 Å². The lowest BCUT2D eigenvalue weighted by Crippen LogP contribution is -2.09. The maximum Gasteiger partial charge on any atom is 0.123 e. The number of halogens is 1. The molecule has 0 saturated carbocycles. The van der Waals surface area contributed by atoms with Gasteiger partial charge in [-0.05, 0) is 29.8 Å². The third kappa shape index (κ3) is 4.23. The van der Waals surface area contributed by atoms with Crippen LogP contribution in [0.4, 0.5) is 10.1 Å². The quantitative estimate of drug-likeness (QED) is 0.809. The van der Waals surface area contributed by atoms with Crippen LogP contribution in [-0.4, -0.2) is 20.7 Å². The van der Waals surface area contributed by atoms with Crippen LogP contribution < -0.4 is 9.64 Å². The van der Waals surface area contributed by atoms with Crippen LogP contribution in [-0.2, 0) is 0 Å². The molecule has 3 nitrogen and oxygen atoms in total. The van der Waals surface area contributed by atoms with Crippen LogP contribution in [0.3, 0.4) is 0 Å². The van der Waals surface area contributed by atoms with Crippen molar-refractivity contribution in [2.24, 2.45) is 0 Å². The van der Waals surface area contributed by atoms with Crippen molar-refractivity contribution in [3.8, 4) is 11.8 Å². The standard InChI is InChI=1S/C18H19FN2O/c1-21(2)17-7-4-8-18(12-17)22-10-9-15(13-20)14-5-3-6-16(19)11-14/h3-8,11-12,15H,9-10H2,1-2H3. The van der Waals surface area contributed by atoms with Gasteiger partial charge in [-0.15, -0.1) is 0 Å². The van der Waals surface area contributed by atoms with Gasteiger partial charge in [-0.1, -0.05) is 18.2 Å². The summed E-state index contributed by atoms with van der Waals surface area (Å²) in [6.07, 6.45) is 0.520. The summed E-state index contributed by atoms with van der Waals surface area (Å²) in [5.41, 5.74) is 1.74. The van der Waals surface area contributed by atoms with Gasteiger partial charge in [0, 0.05) is 32.3 Å². The molecule has 0 heterocycles. The van der Waals surface area contributed by atoms with Crippen LogP contribution in [0, 0.1) is 17.1 Å². The van der Waals surface area contributed by atoms with E-state index in [0.29, 0.717) is 18.6 Å². The number of anilines is 1. The fourth-order valence-corrected chi connectivity index (χ4v) is 2.18. The molecular weight excluding hydrogens is 279 g/mol.